The molecule has 3 rings (SSSR count). The minimum absolute atomic E-state index is 0.0125. The van der Waals surface area contributed by atoms with Gasteiger partial charge in [0.1, 0.15) is 18.2 Å². The summed E-state index contributed by atoms with van der Waals surface area (Å²) in [7, 11) is 0. The van der Waals surface area contributed by atoms with Crippen molar-refractivity contribution in [1.82, 2.24) is 0 Å². The molecule has 0 aliphatic rings. The molecule has 0 aromatic heterocycles. The lowest BCUT2D eigenvalue weighted by Gasteiger charge is -2.15. The summed E-state index contributed by atoms with van der Waals surface area (Å²) in [5.74, 6) is 0.711. The van der Waals surface area contributed by atoms with E-state index >= 15 is 0 Å². The van der Waals surface area contributed by atoms with Gasteiger partial charge in [0.15, 0.2) is 11.5 Å². The molecule has 0 aliphatic heterocycles. The van der Waals surface area contributed by atoms with Crippen LogP contribution in [0.1, 0.15) is 23.6 Å². The van der Waals surface area contributed by atoms with Crippen LogP contribution < -0.4 is 14.8 Å². The smallest absolute Gasteiger partial charge is 0.266 e. The lowest BCUT2D eigenvalue weighted by atomic mass is 10.1. The van der Waals surface area contributed by atoms with Crippen molar-refractivity contribution in [3.05, 3.63) is 91.0 Å². The maximum Gasteiger partial charge on any atom is 0.266 e. The zero-order chi connectivity index (χ0) is 23.8. The number of carbonyl (C=O) groups is 1. The highest BCUT2D eigenvalue weighted by atomic mass is 127. The van der Waals surface area contributed by atoms with E-state index in [4.69, 9.17) is 9.47 Å². The molecular formula is C26H22BrIN2O3. The van der Waals surface area contributed by atoms with E-state index in [1.807, 2.05) is 62.4 Å². The molecule has 0 spiro atoms. The van der Waals surface area contributed by atoms with E-state index in [0.29, 0.717) is 36.0 Å². The standard InChI is InChI=1S/C26H22BrIN2O3/c1-3-32-24-13-19(11-20(15-29)26(31)30-22-6-4-5-21(27)14-22)12-23(28)25(24)33-16-18-9-7-17(2)8-10-18/h4-14H,3,16H2,1-2H3,(H,30,31)/b20-11-. The molecule has 0 unspecified atom stereocenters. The molecule has 0 radical (unpaired) electrons. The van der Waals surface area contributed by atoms with Gasteiger partial charge in [0, 0.05) is 10.2 Å². The van der Waals surface area contributed by atoms with E-state index in [1.165, 1.54) is 5.56 Å². The Bertz CT molecular complexity index is 1220. The van der Waals surface area contributed by atoms with Crippen LogP contribution in [0.4, 0.5) is 5.69 Å². The molecular weight excluding hydrogens is 595 g/mol. The Labute approximate surface area is 215 Å². The van der Waals surface area contributed by atoms with Crippen molar-refractivity contribution in [2.24, 2.45) is 0 Å². The van der Waals surface area contributed by atoms with Crippen molar-refractivity contribution in [2.75, 3.05) is 11.9 Å². The molecule has 0 fully saturated rings. The number of benzene rings is 3. The van der Waals surface area contributed by atoms with Gasteiger partial charge >= 0.3 is 0 Å². The minimum atomic E-state index is -0.483. The van der Waals surface area contributed by atoms with Crippen LogP contribution in [0.5, 0.6) is 11.5 Å². The largest absolute Gasteiger partial charge is 0.490 e. The van der Waals surface area contributed by atoms with Gasteiger partial charge in [-0.15, -0.1) is 0 Å². The Morgan fingerprint density at radius 2 is 1.91 bits per heavy atom. The van der Waals surface area contributed by atoms with Crippen molar-refractivity contribution in [1.29, 1.82) is 5.26 Å². The first-order valence-electron chi connectivity index (χ1n) is 10.2. The number of amides is 1. The Balaban J connectivity index is 1.84. The van der Waals surface area contributed by atoms with E-state index in [-0.39, 0.29) is 5.57 Å². The summed E-state index contributed by atoms with van der Waals surface area (Å²) in [5.41, 5.74) is 3.50. The van der Waals surface area contributed by atoms with Crippen molar-refractivity contribution in [3.8, 4) is 17.6 Å². The predicted octanol–water partition coefficient (Wildman–Crippen LogP) is 6.89. The highest BCUT2D eigenvalue weighted by Crippen LogP contribution is 2.35. The van der Waals surface area contributed by atoms with Crippen LogP contribution in [-0.4, -0.2) is 12.5 Å². The van der Waals surface area contributed by atoms with Crippen molar-refractivity contribution in [2.45, 2.75) is 20.5 Å². The van der Waals surface area contributed by atoms with Gasteiger partial charge in [-0.05, 0) is 84.0 Å². The molecule has 168 valence electrons. The van der Waals surface area contributed by atoms with E-state index in [9.17, 15) is 10.1 Å². The molecule has 5 nitrogen and oxygen atoms in total. The lowest BCUT2D eigenvalue weighted by molar-refractivity contribution is -0.112. The zero-order valence-corrected chi connectivity index (χ0v) is 21.9. The Morgan fingerprint density at radius 3 is 2.58 bits per heavy atom. The number of nitriles is 1. The second-order valence-corrected chi connectivity index (χ2v) is 9.25. The third kappa shape index (κ3) is 7.07. The number of aryl methyl sites for hydroxylation is 1. The number of nitrogens with one attached hydrogen (secondary N) is 1. The average molecular weight is 617 g/mol. The molecule has 0 heterocycles. The molecule has 0 saturated heterocycles. The van der Waals surface area contributed by atoms with Crippen LogP contribution in [0.25, 0.3) is 6.08 Å². The molecule has 33 heavy (non-hydrogen) atoms. The molecule has 0 saturated carbocycles. The van der Waals surface area contributed by atoms with E-state index < -0.39 is 5.91 Å². The average Bonchev–Trinajstić information content (AvgIpc) is 2.78. The fourth-order valence-corrected chi connectivity index (χ4v) is 4.17. The first kappa shape index (κ1) is 24.8. The number of halogens is 2. The molecule has 7 heteroatoms. The van der Waals surface area contributed by atoms with Gasteiger partial charge in [-0.3, -0.25) is 4.79 Å². The van der Waals surface area contributed by atoms with Crippen LogP contribution in [0, 0.1) is 21.8 Å². The topological polar surface area (TPSA) is 71.3 Å². The van der Waals surface area contributed by atoms with E-state index in [2.05, 4.69) is 43.8 Å². The quantitative estimate of drug-likeness (QED) is 0.170. The predicted molar refractivity (Wildman–Crippen MR) is 142 cm³/mol. The third-order valence-corrected chi connectivity index (χ3v) is 5.89. The minimum Gasteiger partial charge on any atom is -0.490 e. The molecule has 0 bridgehead atoms. The summed E-state index contributed by atoms with van der Waals surface area (Å²) < 4.78 is 13.5. The van der Waals surface area contributed by atoms with Gasteiger partial charge in [0.25, 0.3) is 5.91 Å². The Kier molecular flexibility index (Phi) is 8.92. The zero-order valence-electron chi connectivity index (χ0n) is 18.2. The molecule has 1 N–H and O–H groups in total. The second kappa shape index (κ2) is 11.9. The van der Waals surface area contributed by atoms with E-state index in [1.54, 1.807) is 24.3 Å². The summed E-state index contributed by atoms with van der Waals surface area (Å²) in [6.45, 7) is 4.80. The third-order valence-electron chi connectivity index (χ3n) is 4.59. The molecule has 3 aromatic rings. The molecule has 0 atom stereocenters. The number of hydrogen-bond donors (Lipinski definition) is 1. The second-order valence-electron chi connectivity index (χ2n) is 7.17. The van der Waals surface area contributed by atoms with Crippen LogP contribution in [0.3, 0.4) is 0 Å². The molecule has 3 aromatic carbocycles. The summed E-state index contributed by atoms with van der Waals surface area (Å²) >= 11 is 5.55. The van der Waals surface area contributed by atoms with Gasteiger partial charge in [-0.2, -0.15) is 5.26 Å². The maximum absolute atomic E-state index is 12.6. The summed E-state index contributed by atoms with van der Waals surface area (Å²) in [6.07, 6.45) is 1.54. The highest BCUT2D eigenvalue weighted by molar-refractivity contribution is 14.1. The summed E-state index contributed by atoms with van der Waals surface area (Å²) in [4.78, 5) is 12.6. The van der Waals surface area contributed by atoms with Gasteiger partial charge in [-0.25, -0.2) is 0 Å². The fraction of sp³-hybridized carbons (Fsp3) is 0.154. The SMILES string of the molecule is CCOc1cc(/C=C(/C#N)C(=O)Nc2cccc(Br)c2)cc(I)c1OCc1ccc(C)cc1. The van der Waals surface area contributed by atoms with Gasteiger partial charge in [0.2, 0.25) is 0 Å². The fourth-order valence-electron chi connectivity index (χ4n) is 2.99. The first-order chi connectivity index (χ1) is 15.9. The number of carbonyl (C=O) groups excluding carboxylic acids is 1. The summed E-state index contributed by atoms with van der Waals surface area (Å²) in [5, 5.41) is 12.3. The molecule has 0 aliphatic carbocycles. The molecule has 1 amide bonds. The van der Waals surface area contributed by atoms with Crippen LogP contribution >= 0.6 is 38.5 Å². The lowest BCUT2D eigenvalue weighted by Crippen LogP contribution is -2.13. The monoisotopic (exact) mass is 616 g/mol. The van der Waals surface area contributed by atoms with E-state index in [0.717, 1.165) is 13.6 Å². The number of rotatable bonds is 8. The van der Waals surface area contributed by atoms with Crippen molar-refractivity contribution in [3.63, 3.8) is 0 Å². The Morgan fingerprint density at radius 1 is 1.15 bits per heavy atom. The van der Waals surface area contributed by atoms with Crippen LogP contribution in [0.2, 0.25) is 0 Å². The maximum atomic E-state index is 12.6. The number of nitrogens with zero attached hydrogens (tertiary/aromatic N) is 1. The normalized spacial score (nSPS) is 10.9. The Hall–Kier alpha value is -2.83. The van der Waals surface area contributed by atoms with Gasteiger partial charge < -0.3 is 14.8 Å². The van der Waals surface area contributed by atoms with Gasteiger partial charge in [0.05, 0.1) is 10.2 Å². The number of anilines is 1. The highest BCUT2D eigenvalue weighted by Gasteiger charge is 2.15. The first-order valence-corrected chi connectivity index (χ1v) is 12.1. The van der Waals surface area contributed by atoms with Crippen LogP contribution in [-0.2, 0) is 11.4 Å². The summed E-state index contributed by atoms with van der Waals surface area (Å²) in [6, 6.07) is 21.0. The van der Waals surface area contributed by atoms with Crippen molar-refractivity contribution < 1.29 is 14.3 Å². The number of hydrogen-bond acceptors (Lipinski definition) is 4. The van der Waals surface area contributed by atoms with Crippen molar-refractivity contribution >= 4 is 56.2 Å². The van der Waals surface area contributed by atoms with Crippen LogP contribution in [0.15, 0.2) is 70.7 Å². The number of ether oxygens (including phenoxy) is 2. The van der Waals surface area contributed by atoms with Gasteiger partial charge in [-0.1, -0.05) is 51.8 Å².